The van der Waals surface area contributed by atoms with Crippen LogP contribution in [-0.4, -0.2) is 36.7 Å². The van der Waals surface area contributed by atoms with E-state index in [-0.39, 0.29) is 11.5 Å². The van der Waals surface area contributed by atoms with Crippen LogP contribution in [0.3, 0.4) is 0 Å². The molecule has 0 radical (unpaired) electrons. The fraction of sp³-hybridized carbons (Fsp3) is 0.308. The van der Waals surface area contributed by atoms with Crippen LogP contribution in [0.5, 0.6) is 5.75 Å². The predicted molar refractivity (Wildman–Crippen MR) is 73.2 cm³/mol. The third kappa shape index (κ3) is 2.47. The lowest BCUT2D eigenvalue weighted by Gasteiger charge is -2.27. The van der Waals surface area contributed by atoms with Gasteiger partial charge in [0.25, 0.3) is 0 Å². The molecule has 0 spiro atoms. The number of fused-ring (bicyclic) bond motifs is 1. The first-order chi connectivity index (χ1) is 9.28. The first-order valence-corrected chi connectivity index (χ1v) is 6.89. The van der Waals surface area contributed by atoms with Gasteiger partial charge in [-0.25, -0.2) is 4.79 Å². The van der Waals surface area contributed by atoms with Crippen molar-refractivity contribution < 1.29 is 14.4 Å². The first-order valence-electron chi connectivity index (χ1n) is 6.01. The number of nitrogens with one attached hydrogen (secondary N) is 1. The molecule has 2 aliphatic rings. The zero-order chi connectivity index (χ0) is 13.2. The Morgan fingerprint density at radius 1 is 1.53 bits per heavy atom. The number of para-hydroxylation sites is 1. The summed E-state index contributed by atoms with van der Waals surface area (Å²) in [6.45, 7) is 1.55. The van der Waals surface area contributed by atoms with Crippen molar-refractivity contribution in [1.29, 1.82) is 0 Å². The highest BCUT2D eigenvalue weighted by molar-refractivity contribution is 8.04. The molecule has 0 bridgehead atoms. The first kappa shape index (κ1) is 12.5. The number of methoxy groups -OCH3 is 1. The lowest BCUT2D eigenvalue weighted by atomic mass is 10.2. The Morgan fingerprint density at radius 3 is 3.21 bits per heavy atom. The Balaban J connectivity index is 1.88. The van der Waals surface area contributed by atoms with Crippen molar-refractivity contribution in [2.24, 2.45) is 0 Å². The van der Waals surface area contributed by atoms with Crippen LogP contribution in [0.25, 0.3) is 6.08 Å². The SMILES string of the molecule is COc1ccccc1C=C1SC2NCCN2OC1=O. The second kappa shape index (κ2) is 5.24. The van der Waals surface area contributed by atoms with Gasteiger partial charge in [-0.2, -0.15) is 0 Å². The molecule has 0 aromatic heterocycles. The van der Waals surface area contributed by atoms with E-state index < -0.39 is 0 Å². The van der Waals surface area contributed by atoms with Crippen molar-refractivity contribution >= 4 is 23.8 Å². The number of hydrogen-bond donors (Lipinski definition) is 1. The van der Waals surface area contributed by atoms with Crippen molar-refractivity contribution in [3.05, 3.63) is 34.7 Å². The summed E-state index contributed by atoms with van der Waals surface area (Å²) in [4.78, 5) is 17.8. The quantitative estimate of drug-likeness (QED) is 0.826. The molecule has 1 unspecified atom stereocenters. The number of thioether (sulfide) groups is 1. The molecular weight excluding hydrogens is 264 g/mol. The highest BCUT2D eigenvalue weighted by Crippen LogP contribution is 2.34. The van der Waals surface area contributed by atoms with Gasteiger partial charge in [0.05, 0.1) is 18.6 Å². The van der Waals surface area contributed by atoms with Crippen molar-refractivity contribution in [3.8, 4) is 5.75 Å². The molecule has 2 saturated heterocycles. The summed E-state index contributed by atoms with van der Waals surface area (Å²) in [6.07, 6.45) is 1.81. The van der Waals surface area contributed by atoms with Crippen molar-refractivity contribution in [1.82, 2.24) is 10.4 Å². The Labute approximate surface area is 115 Å². The fourth-order valence-electron chi connectivity index (χ4n) is 2.05. The van der Waals surface area contributed by atoms with Crippen LogP contribution in [-0.2, 0) is 9.63 Å². The normalized spacial score (nSPS) is 25.2. The van der Waals surface area contributed by atoms with E-state index in [1.165, 1.54) is 11.8 Å². The second-order valence-electron chi connectivity index (χ2n) is 4.19. The molecule has 100 valence electrons. The predicted octanol–water partition coefficient (Wildman–Crippen LogP) is 1.43. The average Bonchev–Trinajstić information content (AvgIpc) is 2.87. The molecule has 0 saturated carbocycles. The lowest BCUT2D eigenvalue weighted by Crippen LogP contribution is -2.39. The number of carbonyl (C=O) groups excluding carboxylic acids is 1. The zero-order valence-electron chi connectivity index (χ0n) is 10.5. The monoisotopic (exact) mass is 278 g/mol. The maximum absolute atomic E-state index is 11.9. The van der Waals surface area contributed by atoms with Crippen LogP contribution in [0.1, 0.15) is 5.56 Å². The maximum atomic E-state index is 11.9. The maximum Gasteiger partial charge on any atom is 0.363 e. The van der Waals surface area contributed by atoms with Gasteiger partial charge in [0.1, 0.15) is 11.2 Å². The highest BCUT2D eigenvalue weighted by Gasteiger charge is 2.36. The van der Waals surface area contributed by atoms with Crippen LogP contribution in [0, 0.1) is 0 Å². The number of rotatable bonds is 2. The Bertz CT molecular complexity index is 532. The van der Waals surface area contributed by atoms with Crippen LogP contribution in [0.15, 0.2) is 29.2 Å². The average molecular weight is 278 g/mol. The summed E-state index contributed by atoms with van der Waals surface area (Å²) in [7, 11) is 1.62. The largest absolute Gasteiger partial charge is 0.496 e. The van der Waals surface area contributed by atoms with Crippen LogP contribution in [0.2, 0.25) is 0 Å². The molecule has 2 heterocycles. The minimum Gasteiger partial charge on any atom is -0.496 e. The van der Waals surface area contributed by atoms with Crippen molar-refractivity contribution in [3.63, 3.8) is 0 Å². The topological polar surface area (TPSA) is 50.8 Å². The number of carbonyl (C=O) groups is 1. The standard InChI is InChI=1S/C13H14N2O3S/c1-17-10-5-3-2-4-9(10)8-11-12(16)18-15-7-6-14-13(15)19-11/h2-5,8,13-14H,6-7H2,1H3. The van der Waals surface area contributed by atoms with Gasteiger partial charge in [-0.1, -0.05) is 30.0 Å². The molecule has 19 heavy (non-hydrogen) atoms. The molecule has 1 N–H and O–H groups in total. The lowest BCUT2D eigenvalue weighted by molar-refractivity contribution is -0.184. The second-order valence-corrected chi connectivity index (χ2v) is 5.32. The molecule has 3 rings (SSSR count). The van der Waals surface area contributed by atoms with E-state index in [1.807, 2.05) is 30.3 Å². The molecule has 0 aliphatic carbocycles. The van der Waals surface area contributed by atoms with E-state index in [2.05, 4.69) is 5.32 Å². The molecular formula is C13H14N2O3S. The fourth-order valence-corrected chi connectivity index (χ4v) is 3.09. The molecule has 2 aliphatic heterocycles. The van der Waals surface area contributed by atoms with Crippen molar-refractivity contribution in [2.45, 2.75) is 5.50 Å². The molecule has 1 aromatic carbocycles. The summed E-state index contributed by atoms with van der Waals surface area (Å²) in [5, 5.41) is 4.94. The Kier molecular flexibility index (Phi) is 3.46. The van der Waals surface area contributed by atoms with E-state index in [0.29, 0.717) is 4.91 Å². The molecule has 1 atom stereocenters. The highest BCUT2D eigenvalue weighted by atomic mass is 32.2. The van der Waals surface area contributed by atoms with Gasteiger partial charge in [-0.05, 0) is 12.1 Å². The van der Waals surface area contributed by atoms with Gasteiger partial charge >= 0.3 is 5.97 Å². The number of benzene rings is 1. The van der Waals surface area contributed by atoms with Gasteiger partial charge in [-0.15, -0.1) is 5.06 Å². The van der Waals surface area contributed by atoms with E-state index in [1.54, 1.807) is 12.2 Å². The van der Waals surface area contributed by atoms with Crippen LogP contribution in [0.4, 0.5) is 0 Å². The van der Waals surface area contributed by atoms with Crippen LogP contribution >= 0.6 is 11.8 Å². The van der Waals surface area contributed by atoms with Crippen LogP contribution < -0.4 is 10.1 Å². The summed E-state index contributed by atoms with van der Waals surface area (Å²) in [6, 6.07) is 7.58. The number of nitrogens with zero attached hydrogens (tertiary/aromatic N) is 1. The van der Waals surface area contributed by atoms with Gasteiger partial charge in [0, 0.05) is 12.1 Å². The third-order valence-corrected chi connectivity index (χ3v) is 4.14. The van der Waals surface area contributed by atoms with Gasteiger partial charge in [-0.3, -0.25) is 5.32 Å². The summed E-state index contributed by atoms with van der Waals surface area (Å²) >= 11 is 1.47. The molecule has 5 nitrogen and oxygen atoms in total. The van der Waals surface area contributed by atoms with E-state index in [9.17, 15) is 4.79 Å². The molecule has 1 aromatic rings. The number of ether oxygens (including phenoxy) is 1. The van der Waals surface area contributed by atoms with E-state index >= 15 is 0 Å². The van der Waals surface area contributed by atoms with Gasteiger partial charge < -0.3 is 9.57 Å². The van der Waals surface area contributed by atoms with Gasteiger partial charge in [0.15, 0.2) is 0 Å². The molecule has 2 fully saturated rings. The molecule has 0 amide bonds. The van der Waals surface area contributed by atoms with Crippen molar-refractivity contribution in [2.75, 3.05) is 20.2 Å². The Morgan fingerprint density at radius 2 is 2.37 bits per heavy atom. The van der Waals surface area contributed by atoms with E-state index in [4.69, 9.17) is 9.57 Å². The zero-order valence-corrected chi connectivity index (χ0v) is 11.3. The summed E-state index contributed by atoms with van der Waals surface area (Å²) in [5.74, 6) is 0.432. The smallest absolute Gasteiger partial charge is 0.363 e. The summed E-state index contributed by atoms with van der Waals surface area (Å²) in [5.41, 5.74) is 0.884. The minimum absolute atomic E-state index is 0.0126. The summed E-state index contributed by atoms with van der Waals surface area (Å²) < 4.78 is 5.28. The Hall–Kier alpha value is -1.50. The van der Waals surface area contributed by atoms with Gasteiger partial charge in [0.2, 0.25) is 0 Å². The number of hydroxylamine groups is 2. The minimum atomic E-state index is -0.309. The molecule has 6 heteroatoms. The third-order valence-electron chi connectivity index (χ3n) is 2.98. The van der Waals surface area contributed by atoms with E-state index in [0.717, 1.165) is 24.4 Å². The number of hydrogen-bond acceptors (Lipinski definition) is 6.